The highest BCUT2D eigenvalue weighted by atomic mass is 16.5. The van der Waals surface area contributed by atoms with Crippen molar-refractivity contribution in [2.75, 3.05) is 20.3 Å². The number of benzene rings is 1. The van der Waals surface area contributed by atoms with Crippen LogP contribution in [-0.4, -0.2) is 40.5 Å². The lowest BCUT2D eigenvalue weighted by molar-refractivity contribution is 0.196. The van der Waals surface area contributed by atoms with Gasteiger partial charge in [-0.1, -0.05) is 19.1 Å². The first kappa shape index (κ1) is 14.6. The van der Waals surface area contributed by atoms with Gasteiger partial charge in [-0.25, -0.2) is 0 Å². The van der Waals surface area contributed by atoms with E-state index in [0.29, 0.717) is 6.61 Å². The maximum atomic E-state index is 5.03. The van der Waals surface area contributed by atoms with Crippen molar-refractivity contribution >= 4 is 0 Å². The van der Waals surface area contributed by atoms with Crippen LogP contribution in [0.1, 0.15) is 31.3 Å². The number of aromatic nitrogens is 4. The van der Waals surface area contributed by atoms with Crippen molar-refractivity contribution in [3.63, 3.8) is 0 Å². The van der Waals surface area contributed by atoms with Crippen LogP contribution < -0.4 is 5.32 Å². The summed E-state index contributed by atoms with van der Waals surface area (Å²) in [6.45, 7) is 5.60. The van der Waals surface area contributed by atoms with E-state index < -0.39 is 0 Å². The maximum Gasteiger partial charge on any atom is 0.173 e. The summed E-state index contributed by atoms with van der Waals surface area (Å²) in [5, 5.41) is 15.4. The number of hydrogen-bond donors (Lipinski definition) is 1. The van der Waals surface area contributed by atoms with Crippen LogP contribution in [0.4, 0.5) is 0 Å². The van der Waals surface area contributed by atoms with Crippen molar-refractivity contribution < 1.29 is 4.74 Å². The molecular weight excluding hydrogens is 254 g/mol. The molecule has 0 bridgehead atoms. The van der Waals surface area contributed by atoms with Crippen LogP contribution in [0.15, 0.2) is 24.3 Å². The summed E-state index contributed by atoms with van der Waals surface area (Å²) < 4.78 is 6.82. The summed E-state index contributed by atoms with van der Waals surface area (Å²) in [5.74, 6) is 0.800. The lowest BCUT2D eigenvalue weighted by Crippen LogP contribution is -2.25. The molecule has 0 fully saturated rings. The second-order valence-corrected chi connectivity index (χ2v) is 4.64. The molecule has 0 aliphatic carbocycles. The number of nitrogens with zero attached hydrogens (tertiary/aromatic N) is 4. The molecule has 1 aromatic heterocycles. The minimum Gasteiger partial charge on any atom is -0.383 e. The number of tetrazole rings is 1. The highest BCUT2D eigenvalue weighted by molar-refractivity contribution is 5.35. The van der Waals surface area contributed by atoms with Gasteiger partial charge in [0, 0.05) is 13.7 Å². The van der Waals surface area contributed by atoms with Gasteiger partial charge < -0.3 is 10.1 Å². The van der Waals surface area contributed by atoms with Crippen molar-refractivity contribution in [3.8, 4) is 5.69 Å². The lowest BCUT2D eigenvalue weighted by atomic mass is 10.1. The Bertz CT molecular complexity index is 540. The predicted octanol–water partition coefficient (Wildman–Crippen LogP) is 1.52. The topological polar surface area (TPSA) is 64.9 Å². The molecule has 0 saturated carbocycles. The molecule has 1 heterocycles. The monoisotopic (exact) mass is 275 g/mol. The van der Waals surface area contributed by atoms with E-state index in [2.05, 4.69) is 39.9 Å². The minimum atomic E-state index is 0.0606. The number of rotatable bonds is 7. The van der Waals surface area contributed by atoms with Crippen molar-refractivity contribution in [1.82, 2.24) is 25.5 Å². The number of aryl methyl sites for hydroxylation is 1. The molecule has 6 heteroatoms. The Morgan fingerprint density at radius 1 is 1.40 bits per heavy atom. The van der Waals surface area contributed by atoms with Crippen molar-refractivity contribution in [1.29, 1.82) is 0 Å². The van der Waals surface area contributed by atoms with Gasteiger partial charge in [0.1, 0.15) is 0 Å². The Hall–Kier alpha value is -1.79. The summed E-state index contributed by atoms with van der Waals surface area (Å²) in [6.07, 6.45) is 0.993. The molecule has 2 aromatic rings. The highest BCUT2D eigenvalue weighted by Crippen LogP contribution is 2.15. The SMILES string of the molecule is CCc1cccc(-n2nnnc2C(C)NCCOC)c1. The summed E-state index contributed by atoms with van der Waals surface area (Å²) in [4.78, 5) is 0. The zero-order valence-electron chi connectivity index (χ0n) is 12.2. The second-order valence-electron chi connectivity index (χ2n) is 4.64. The van der Waals surface area contributed by atoms with E-state index in [4.69, 9.17) is 4.74 Å². The molecule has 1 atom stereocenters. The Morgan fingerprint density at radius 2 is 2.25 bits per heavy atom. The van der Waals surface area contributed by atoms with Gasteiger partial charge in [0.2, 0.25) is 0 Å². The Balaban J connectivity index is 2.18. The molecular formula is C14H21N5O. The zero-order valence-corrected chi connectivity index (χ0v) is 12.2. The predicted molar refractivity (Wildman–Crippen MR) is 76.8 cm³/mol. The summed E-state index contributed by atoms with van der Waals surface area (Å²) in [5.41, 5.74) is 2.26. The molecule has 0 radical (unpaired) electrons. The van der Waals surface area contributed by atoms with E-state index >= 15 is 0 Å². The summed E-state index contributed by atoms with van der Waals surface area (Å²) in [6, 6.07) is 8.32. The van der Waals surface area contributed by atoms with Crippen molar-refractivity contribution in [2.45, 2.75) is 26.3 Å². The van der Waals surface area contributed by atoms with Gasteiger partial charge in [0.05, 0.1) is 18.3 Å². The molecule has 108 valence electrons. The molecule has 0 saturated heterocycles. The van der Waals surface area contributed by atoms with E-state index in [1.807, 2.05) is 19.1 Å². The summed E-state index contributed by atoms with van der Waals surface area (Å²) in [7, 11) is 1.69. The molecule has 2 rings (SSSR count). The molecule has 0 amide bonds. The first-order chi connectivity index (χ1) is 9.76. The second kappa shape index (κ2) is 7.12. The fourth-order valence-corrected chi connectivity index (χ4v) is 2.02. The average Bonchev–Trinajstić information content (AvgIpc) is 2.97. The molecule has 1 N–H and O–H groups in total. The Labute approximate surface area is 119 Å². The van der Waals surface area contributed by atoms with E-state index in [-0.39, 0.29) is 6.04 Å². The fraction of sp³-hybridized carbons (Fsp3) is 0.500. The Morgan fingerprint density at radius 3 is 3.00 bits per heavy atom. The van der Waals surface area contributed by atoms with Crippen LogP contribution in [0, 0.1) is 0 Å². The van der Waals surface area contributed by atoms with Crippen LogP contribution in [0.25, 0.3) is 5.69 Å². The Kier molecular flexibility index (Phi) is 5.20. The largest absolute Gasteiger partial charge is 0.383 e. The quantitative estimate of drug-likeness (QED) is 0.776. The molecule has 0 spiro atoms. The number of methoxy groups -OCH3 is 1. The maximum absolute atomic E-state index is 5.03. The van der Waals surface area contributed by atoms with Crippen LogP contribution in [0.3, 0.4) is 0 Å². The third-order valence-corrected chi connectivity index (χ3v) is 3.20. The van der Waals surface area contributed by atoms with Crippen LogP contribution in [0.2, 0.25) is 0 Å². The molecule has 0 aliphatic heterocycles. The van der Waals surface area contributed by atoms with Gasteiger partial charge in [-0.3, -0.25) is 0 Å². The third kappa shape index (κ3) is 3.40. The molecule has 1 aromatic carbocycles. The van der Waals surface area contributed by atoms with E-state index in [1.54, 1.807) is 11.8 Å². The molecule has 6 nitrogen and oxygen atoms in total. The van der Waals surface area contributed by atoms with Gasteiger partial charge in [-0.2, -0.15) is 4.68 Å². The van der Waals surface area contributed by atoms with Crippen LogP contribution in [-0.2, 0) is 11.2 Å². The first-order valence-electron chi connectivity index (χ1n) is 6.86. The highest BCUT2D eigenvalue weighted by Gasteiger charge is 2.15. The van der Waals surface area contributed by atoms with Gasteiger partial charge >= 0.3 is 0 Å². The minimum absolute atomic E-state index is 0.0606. The van der Waals surface area contributed by atoms with Crippen LogP contribution >= 0.6 is 0 Å². The fourth-order valence-electron chi connectivity index (χ4n) is 2.02. The normalized spacial score (nSPS) is 12.6. The zero-order chi connectivity index (χ0) is 14.4. The van der Waals surface area contributed by atoms with Gasteiger partial charge in [0.15, 0.2) is 5.82 Å². The van der Waals surface area contributed by atoms with E-state index in [9.17, 15) is 0 Å². The van der Waals surface area contributed by atoms with Crippen LogP contribution in [0.5, 0.6) is 0 Å². The molecule has 1 unspecified atom stereocenters. The first-order valence-corrected chi connectivity index (χ1v) is 6.86. The smallest absolute Gasteiger partial charge is 0.173 e. The number of nitrogens with one attached hydrogen (secondary N) is 1. The van der Waals surface area contributed by atoms with E-state index in [0.717, 1.165) is 24.5 Å². The van der Waals surface area contributed by atoms with E-state index in [1.165, 1.54) is 5.56 Å². The lowest BCUT2D eigenvalue weighted by Gasteiger charge is -2.13. The molecule has 0 aliphatic rings. The van der Waals surface area contributed by atoms with Gasteiger partial charge in [-0.15, -0.1) is 5.10 Å². The molecule has 20 heavy (non-hydrogen) atoms. The number of hydrogen-bond acceptors (Lipinski definition) is 5. The van der Waals surface area contributed by atoms with Gasteiger partial charge in [-0.05, 0) is 41.5 Å². The third-order valence-electron chi connectivity index (χ3n) is 3.20. The standard InChI is InChI=1S/C14H21N5O/c1-4-12-6-5-7-13(10-12)19-14(16-17-18-19)11(2)15-8-9-20-3/h5-7,10-11,15H,4,8-9H2,1-3H3. The van der Waals surface area contributed by atoms with Gasteiger partial charge in [0.25, 0.3) is 0 Å². The number of ether oxygens (including phenoxy) is 1. The van der Waals surface area contributed by atoms with Crippen molar-refractivity contribution in [3.05, 3.63) is 35.7 Å². The van der Waals surface area contributed by atoms with Crippen molar-refractivity contribution in [2.24, 2.45) is 0 Å². The average molecular weight is 275 g/mol. The summed E-state index contributed by atoms with van der Waals surface area (Å²) >= 11 is 0.